The number of hydrogen-bond donors (Lipinski definition) is 0. The zero-order chi connectivity index (χ0) is 23.4. The van der Waals surface area contributed by atoms with Crippen molar-refractivity contribution in [1.29, 1.82) is 0 Å². The van der Waals surface area contributed by atoms with E-state index in [0.29, 0.717) is 11.8 Å². The second kappa shape index (κ2) is 9.63. The summed E-state index contributed by atoms with van der Waals surface area (Å²) in [5.41, 5.74) is 8.27. The third kappa shape index (κ3) is 4.31. The second-order valence-electron chi connectivity index (χ2n) is 9.40. The van der Waals surface area contributed by atoms with Gasteiger partial charge in [-0.2, -0.15) is 0 Å². The topological polar surface area (TPSA) is 0 Å². The summed E-state index contributed by atoms with van der Waals surface area (Å²) >= 11 is 0. The van der Waals surface area contributed by atoms with E-state index in [1.54, 1.807) is 0 Å². The molecule has 165 valence electrons. The minimum atomic E-state index is -0.440. The molecule has 1 radical (unpaired) electrons. The lowest BCUT2D eigenvalue weighted by Gasteiger charge is -2.38. The van der Waals surface area contributed by atoms with E-state index >= 15 is 0 Å². The van der Waals surface area contributed by atoms with Crippen molar-refractivity contribution in [3.63, 3.8) is 0 Å². The SMILES string of the molecule is C=Cc1ccc(C(c2ccccc2)(c2ccccc2)c2cc(C(C)C)[c]c(C(C)C)c2)cc1. The van der Waals surface area contributed by atoms with Gasteiger partial charge in [-0.15, -0.1) is 0 Å². The Balaban J connectivity index is 2.16. The number of hydrogen-bond acceptors (Lipinski definition) is 0. The highest BCUT2D eigenvalue weighted by Crippen LogP contribution is 2.46. The minimum absolute atomic E-state index is 0.398. The molecule has 4 aromatic rings. The van der Waals surface area contributed by atoms with Crippen LogP contribution in [0.1, 0.15) is 78.5 Å². The average molecular weight is 430 g/mol. The van der Waals surface area contributed by atoms with Crippen molar-refractivity contribution in [1.82, 2.24) is 0 Å². The summed E-state index contributed by atoms with van der Waals surface area (Å²) in [5.74, 6) is 0.796. The van der Waals surface area contributed by atoms with Gasteiger partial charge in [-0.3, -0.25) is 0 Å². The highest BCUT2D eigenvalue weighted by Gasteiger charge is 2.38. The predicted octanol–water partition coefficient (Wildman–Crippen LogP) is 8.76. The van der Waals surface area contributed by atoms with E-state index in [0.717, 1.165) is 5.56 Å². The zero-order valence-electron chi connectivity index (χ0n) is 20.2. The molecule has 0 aliphatic heterocycles. The van der Waals surface area contributed by atoms with E-state index in [2.05, 4.69) is 137 Å². The Kier molecular flexibility index (Phi) is 6.65. The molecule has 0 aliphatic carbocycles. The third-order valence-corrected chi connectivity index (χ3v) is 6.58. The Morgan fingerprint density at radius 1 is 0.606 bits per heavy atom. The Bertz CT molecular complexity index is 1130. The fourth-order valence-electron chi connectivity index (χ4n) is 4.70. The molecule has 4 aromatic carbocycles. The molecular weight excluding hydrogens is 396 g/mol. The lowest BCUT2D eigenvalue weighted by Crippen LogP contribution is -2.31. The smallest absolute Gasteiger partial charge is 0.0701 e. The van der Waals surface area contributed by atoms with E-state index < -0.39 is 5.41 Å². The molecule has 0 spiro atoms. The van der Waals surface area contributed by atoms with Crippen LogP contribution in [0.2, 0.25) is 0 Å². The van der Waals surface area contributed by atoms with Crippen LogP contribution in [0.4, 0.5) is 0 Å². The number of benzene rings is 4. The van der Waals surface area contributed by atoms with Crippen LogP contribution >= 0.6 is 0 Å². The van der Waals surface area contributed by atoms with E-state index in [1.165, 1.54) is 33.4 Å². The quantitative estimate of drug-likeness (QED) is 0.258. The van der Waals surface area contributed by atoms with Crippen LogP contribution in [0.3, 0.4) is 0 Å². The first-order valence-electron chi connectivity index (χ1n) is 11.9. The molecule has 0 aliphatic rings. The van der Waals surface area contributed by atoms with E-state index in [9.17, 15) is 0 Å². The van der Waals surface area contributed by atoms with Gasteiger partial charge in [0.05, 0.1) is 5.41 Å². The molecule has 0 bridgehead atoms. The fraction of sp³-hybridized carbons (Fsp3) is 0.212. The fourth-order valence-corrected chi connectivity index (χ4v) is 4.70. The number of rotatable bonds is 7. The maximum Gasteiger partial charge on any atom is 0.0701 e. The normalized spacial score (nSPS) is 11.7. The largest absolute Gasteiger partial charge is 0.0985 e. The van der Waals surface area contributed by atoms with Crippen LogP contribution in [0.15, 0.2) is 104 Å². The summed E-state index contributed by atoms with van der Waals surface area (Å²) in [6.07, 6.45) is 1.90. The van der Waals surface area contributed by atoms with Gasteiger partial charge in [0.1, 0.15) is 0 Å². The van der Waals surface area contributed by atoms with Crippen LogP contribution in [0, 0.1) is 6.07 Å². The predicted molar refractivity (Wildman–Crippen MR) is 142 cm³/mol. The van der Waals surface area contributed by atoms with Gasteiger partial charge in [0, 0.05) is 0 Å². The molecule has 0 nitrogen and oxygen atoms in total. The van der Waals surface area contributed by atoms with Gasteiger partial charge in [0.25, 0.3) is 0 Å². The van der Waals surface area contributed by atoms with E-state index in [-0.39, 0.29) is 0 Å². The summed E-state index contributed by atoms with van der Waals surface area (Å²) in [6.45, 7) is 13.0. The Hall–Kier alpha value is -3.38. The molecular formula is C33H33. The van der Waals surface area contributed by atoms with Crippen molar-refractivity contribution in [2.45, 2.75) is 44.9 Å². The molecule has 0 heterocycles. The molecule has 0 N–H and O–H groups in total. The molecule has 33 heavy (non-hydrogen) atoms. The molecule has 0 unspecified atom stereocenters. The monoisotopic (exact) mass is 429 g/mol. The van der Waals surface area contributed by atoms with Crippen LogP contribution in [0.25, 0.3) is 6.08 Å². The van der Waals surface area contributed by atoms with Crippen molar-refractivity contribution < 1.29 is 0 Å². The molecule has 0 saturated carbocycles. The Morgan fingerprint density at radius 2 is 1.03 bits per heavy atom. The molecule has 0 atom stereocenters. The van der Waals surface area contributed by atoms with Gasteiger partial charge in [0.15, 0.2) is 0 Å². The molecule has 0 heteroatoms. The van der Waals surface area contributed by atoms with Gasteiger partial charge in [-0.1, -0.05) is 137 Å². The van der Waals surface area contributed by atoms with Gasteiger partial charge in [-0.25, -0.2) is 0 Å². The molecule has 0 aromatic heterocycles. The van der Waals surface area contributed by atoms with Crippen LogP contribution in [-0.2, 0) is 5.41 Å². The first-order chi connectivity index (χ1) is 16.0. The van der Waals surface area contributed by atoms with E-state index in [1.807, 2.05) is 6.08 Å². The average Bonchev–Trinajstić information content (AvgIpc) is 2.86. The summed E-state index contributed by atoms with van der Waals surface area (Å²) in [6, 6.07) is 39.1. The second-order valence-corrected chi connectivity index (χ2v) is 9.40. The molecule has 0 amide bonds. The summed E-state index contributed by atoms with van der Waals surface area (Å²) in [5, 5.41) is 0. The van der Waals surface area contributed by atoms with Gasteiger partial charge < -0.3 is 0 Å². The summed E-state index contributed by atoms with van der Waals surface area (Å²) < 4.78 is 0. The van der Waals surface area contributed by atoms with Gasteiger partial charge in [0.2, 0.25) is 0 Å². The third-order valence-electron chi connectivity index (χ3n) is 6.58. The van der Waals surface area contributed by atoms with Crippen LogP contribution in [0.5, 0.6) is 0 Å². The van der Waals surface area contributed by atoms with Crippen LogP contribution in [-0.4, -0.2) is 0 Å². The van der Waals surface area contributed by atoms with E-state index in [4.69, 9.17) is 0 Å². The maximum atomic E-state index is 3.96. The van der Waals surface area contributed by atoms with Crippen molar-refractivity contribution in [2.24, 2.45) is 0 Å². The van der Waals surface area contributed by atoms with Crippen molar-refractivity contribution in [3.05, 3.63) is 149 Å². The van der Waals surface area contributed by atoms with Crippen molar-refractivity contribution in [3.8, 4) is 0 Å². The summed E-state index contributed by atoms with van der Waals surface area (Å²) in [7, 11) is 0. The maximum absolute atomic E-state index is 3.96. The van der Waals surface area contributed by atoms with Crippen molar-refractivity contribution >= 4 is 6.08 Å². The first kappa shape index (κ1) is 22.8. The highest BCUT2D eigenvalue weighted by molar-refractivity contribution is 5.62. The van der Waals surface area contributed by atoms with Gasteiger partial charge >= 0.3 is 0 Å². The molecule has 4 rings (SSSR count). The lowest BCUT2D eigenvalue weighted by atomic mass is 9.64. The summed E-state index contributed by atoms with van der Waals surface area (Å²) in [4.78, 5) is 0. The Labute approximate surface area is 199 Å². The highest BCUT2D eigenvalue weighted by atomic mass is 14.4. The molecule has 0 fully saturated rings. The first-order valence-corrected chi connectivity index (χ1v) is 11.9. The standard InChI is InChI=1S/C33H33/c1-6-26-17-19-31(20-18-26)33(29-13-9-7-10-14-29,30-15-11-8-12-16-30)32-22-27(24(2)3)21-28(23-32)25(4)5/h6-20,22-25H,1H2,2-5H3. The van der Waals surface area contributed by atoms with Crippen molar-refractivity contribution in [2.75, 3.05) is 0 Å². The zero-order valence-corrected chi connectivity index (χ0v) is 20.2. The van der Waals surface area contributed by atoms with Crippen LogP contribution < -0.4 is 0 Å². The molecule has 0 saturated heterocycles. The minimum Gasteiger partial charge on any atom is -0.0985 e. The Morgan fingerprint density at radius 3 is 1.42 bits per heavy atom. The lowest BCUT2D eigenvalue weighted by molar-refractivity contribution is 0.730. The van der Waals surface area contributed by atoms with Gasteiger partial charge in [-0.05, 0) is 56.8 Å².